The lowest BCUT2D eigenvalue weighted by Gasteiger charge is -2.10. The molecule has 72 valence electrons. The van der Waals surface area contributed by atoms with Gasteiger partial charge in [0.2, 0.25) is 0 Å². The Morgan fingerprint density at radius 1 is 1.54 bits per heavy atom. The standard InChI is InChI=1S/C10H14FNO/c1-7(12)6-8-9(11)4-3-5-10(8)13-2/h3-5,7H,6,12H2,1-2H3/t7-/m1/s1. The molecule has 3 heteroatoms. The van der Waals surface area contributed by atoms with Crippen molar-refractivity contribution in [3.05, 3.63) is 29.6 Å². The number of methoxy groups -OCH3 is 1. The van der Waals surface area contributed by atoms with Gasteiger partial charge in [-0.3, -0.25) is 0 Å². The van der Waals surface area contributed by atoms with Crippen molar-refractivity contribution in [2.45, 2.75) is 19.4 Å². The summed E-state index contributed by atoms with van der Waals surface area (Å²) in [5, 5.41) is 0. The molecule has 0 unspecified atom stereocenters. The second-order valence-corrected chi connectivity index (χ2v) is 3.10. The molecule has 0 aromatic heterocycles. The van der Waals surface area contributed by atoms with Gasteiger partial charge >= 0.3 is 0 Å². The second-order valence-electron chi connectivity index (χ2n) is 3.10. The van der Waals surface area contributed by atoms with E-state index < -0.39 is 0 Å². The van der Waals surface area contributed by atoms with Crippen LogP contribution in [-0.2, 0) is 6.42 Å². The average molecular weight is 183 g/mol. The van der Waals surface area contributed by atoms with Gasteiger partial charge in [-0.05, 0) is 25.5 Å². The van der Waals surface area contributed by atoms with Crippen LogP contribution in [0.1, 0.15) is 12.5 Å². The molecule has 0 aliphatic rings. The number of benzene rings is 1. The fourth-order valence-electron chi connectivity index (χ4n) is 1.25. The molecule has 1 aromatic rings. The van der Waals surface area contributed by atoms with Crippen LogP contribution in [0.2, 0.25) is 0 Å². The van der Waals surface area contributed by atoms with Gasteiger partial charge in [0.25, 0.3) is 0 Å². The minimum absolute atomic E-state index is 0.0641. The summed E-state index contributed by atoms with van der Waals surface area (Å²) in [5.41, 5.74) is 6.15. The zero-order chi connectivity index (χ0) is 9.84. The van der Waals surface area contributed by atoms with Gasteiger partial charge in [-0.25, -0.2) is 4.39 Å². The number of nitrogens with two attached hydrogens (primary N) is 1. The van der Waals surface area contributed by atoms with Crippen molar-refractivity contribution in [2.24, 2.45) is 5.73 Å². The van der Waals surface area contributed by atoms with Crippen LogP contribution in [0.3, 0.4) is 0 Å². The first-order valence-electron chi connectivity index (χ1n) is 4.22. The lowest BCUT2D eigenvalue weighted by Crippen LogP contribution is -2.19. The van der Waals surface area contributed by atoms with E-state index in [9.17, 15) is 4.39 Å². The maximum absolute atomic E-state index is 13.3. The Balaban J connectivity index is 3.00. The summed E-state index contributed by atoms with van der Waals surface area (Å²) < 4.78 is 18.3. The van der Waals surface area contributed by atoms with Gasteiger partial charge < -0.3 is 10.5 Å². The first-order chi connectivity index (χ1) is 6.15. The first kappa shape index (κ1) is 9.99. The first-order valence-corrected chi connectivity index (χ1v) is 4.22. The normalized spacial score (nSPS) is 12.6. The third-order valence-corrected chi connectivity index (χ3v) is 1.82. The Kier molecular flexibility index (Phi) is 3.25. The van der Waals surface area contributed by atoms with Crippen LogP contribution in [0.4, 0.5) is 4.39 Å². The van der Waals surface area contributed by atoms with E-state index in [1.165, 1.54) is 13.2 Å². The van der Waals surface area contributed by atoms with E-state index in [0.717, 1.165) is 0 Å². The molecule has 0 aliphatic carbocycles. The van der Waals surface area contributed by atoms with Crippen molar-refractivity contribution in [3.8, 4) is 5.75 Å². The number of hydrogen-bond donors (Lipinski definition) is 1. The van der Waals surface area contributed by atoms with Crippen molar-refractivity contribution in [1.29, 1.82) is 0 Å². The summed E-state index contributed by atoms with van der Waals surface area (Å²) in [6.07, 6.45) is 0.496. The minimum atomic E-state index is -0.253. The quantitative estimate of drug-likeness (QED) is 0.774. The minimum Gasteiger partial charge on any atom is -0.496 e. The van der Waals surface area contributed by atoms with Gasteiger partial charge in [0.05, 0.1) is 7.11 Å². The summed E-state index contributed by atoms with van der Waals surface area (Å²) in [6, 6.07) is 4.71. The molecule has 0 saturated heterocycles. The molecule has 0 amide bonds. The predicted octanol–water partition coefficient (Wildman–Crippen LogP) is 1.72. The van der Waals surface area contributed by atoms with Crippen molar-refractivity contribution in [3.63, 3.8) is 0 Å². The van der Waals surface area contributed by atoms with Gasteiger partial charge in [-0.15, -0.1) is 0 Å². The molecule has 1 atom stereocenters. The van der Waals surface area contributed by atoms with Gasteiger partial charge in [0.15, 0.2) is 0 Å². The van der Waals surface area contributed by atoms with E-state index >= 15 is 0 Å². The van der Waals surface area contributed by atoms with Gasteiger partial charge in [-0.2, -0.15) is 0 Å². The van der Waals surface area contributed by atoms with E-state index in [0.29, 0.717) is 17.7 Å². The molecule has 1 rings (SSSR count). The largest absolute Gasteiger partial charge is 0.496 e. The van der Waals surface area contributed by atoms with Crippen LogP contribution in [0.15, 0.2) is 18.2 Å². The highest BCUT2D eigenvalue weighted by Crippen LogP contribution is 2.21. The molecule has 0 radical (unpaired) electrons. The predicted molar refractivity (Wildman–Crippen MR) is 50.3 cm³/mol. The van der Waals surface area contributed by atoms with Crippen LogP contribution in [0, 0.1) is 5.82 Å². The highest BCUT2D eigenvalue weighted by Gasteiger charge is 2.10. The third-order valence-electron chi connectivity index (χ3n) is 1.82. The maximum atomic E-state index is 13.3. The Morgan fingerprint density at radius 2 is 2.23 bits per heavy atom. The van der Waals surface area contributed by atoms with E-state index in [2.05, 4.69) is 0 Å². The maximum Gasteiger partial charge on any atom is 0.130 e. The molecule has 0 saturated carbocycles. The smallest absolute Gasteiger partial charge is 0.130 e. The topological polar surface area (TPSA) is 35.2 Å². The van der Waals surface area contributed by atoms with Crippen molar-refractivity contribution in [1.82, 2.24) is 0 Å². The lowest BCUT2D eigenvalue weighted by molar-refractivity contribution is 0.402. The molecule has 2 N–H and O–H groups in total. The van der Waals surface area contributed by atoms with Crippen molar-refractivity contribution in [2.75, 3.05) is 7.11 Å². The zero-order valence-corrected chi connectivity index (χ0v) is 7.88. The van der Waals surface area contributed by atoms with Crippen LogP contribution >= 0.6 is 0 Å². The number of halogens is 1. The van der Waals surface area contributed by atoms with Crippen LogP contribution < -0.4 is 10.5 Å². The van der Waals surface area contributed by atoms with Crippen molar-refractivity contribution < 1.29 is 9.13 Å². The fourth-order valence-corrected chi connectivity index (χ4v) is 1.25. The molecule has 1 aromatic carbocycles. The Morgan fingerprint density at radius 3 is 2.77 bits per heavy atom. The van der Waals surface area contributed by atoms with E-state index in [-0.39, 0.29) is 11.9 Å². The summed E-state index contributed by atoms with van der Waals surface area (Å²) in [6.45, 7) is 1.84. The van der Waals surface area contributed by atoms with E-state index in [1.807, 2.05) is 6.92 Å². The van der Waals surface area contributed by atoms with Gasteiger partial charge in [-0.1, -0.05) is 6.07 Å². The molecular weight excluding hydrogens is 169 g/mol. The monoisotopic (exact) mass is 183 g/mol. The number of rotatable bonds is 3. The molecule has 2 nitrogen and oxygen atoms in total. The van der Waals surface area contributed by atoms with E-state index in [1.54, 1.807) is 12.1 Å². The Hall–Kier alpha value is -1.09. The molecular formula is C10H14FNO. The van der Waals surface area contributed by atoms with Crippen LogP contribution in [-0.4, -0.2) is 13.2 Å². The van der Waals surface area contributed by atoms with Crippen LogP contribution in [0.25, 0.3) is 0 Å². The third kappa shape index (κ3) is 2.42. The molecule has 0 bridgehead atoms. The van der Waals surface area contributed by atoms with Crippen LogP contribution in [0.5, 0.6) is 5.75 Å². The van der Waals surface area contributed by atoms with E-state index in [4.69, 9.17) is 10.5 Å². The molecule has 0 aliphatic heterocycles. The average Bonchev–Trinajstić information content (AvgIpc) is 2.08. The van der Waals surface area contributed by atoms with Gasteiger partial charge in [0.1, 0.15) is 11.6 Å². The summed E-state index contributed by atoms with van der Waals surface area (Å²) in [5.74, 6) is 0.314. The molecule has 0 spiro atoms. The summed E-state index contributed by atoms with van der Waals surface area (Å²) >= 11 is 0. The molecule has 0 fully saturated rings. The molecule has 0 heterocycles. The zero-order valence-electron chi connectivity index (χ0n) is 7.88. The summed E-state index contributed by atoms with van der Waals surface area (Å²) in [7, 11) is 1.53. The summed E-state index contributed by atoms with van der Waals surface area (Å²) in [4.78, 5) is 0. The molecule has 13 heavy (non-hydrogen) atoms. The Labute approximate surface area is 77.5 Å². The highest BCUT2D eigenvalue weighted by atomic mass is 19.1. The lowest BCUT2D eigenvalue weighted by atomic mass is 10.1. The highest BCUT2D eigenvalue weighted by molar-refractivity contribution is 5.35. The number of hydrogen-bond acceptors (Lipinski definition) is 2. The Bertz CT molecular complexity index is 286. The SMILES string of the molecule is COc1cccc(F)c1C[C@@H](C)N. The number of ether oxygens (including phenoxy) is 1. The fraction of sp³-hybridized carbons (Fsp3) is 0.400. The van der Waals surface area contributed by atoms with Gasteiger partial charge in [0, 0.05) is 11.6 Å². The van der Waals surface area contributed by atoms with Crippen molar-refractivity contribution >= 4 is 0 Å². The second kappa shape index (κ2) is 4.23.